The Kier molecular flexibility index (Phi) is 9.04. The van der Waals surface area contributed by atoms with E-state index in [0.29, 0.717) is 55.7 Å². The Bertz CT molecular complexity index is 1330. The van der Waals surface area contributed by atoms with E-state index >= 15 is 0 Å². The van der Waals surface area contributed by atoms with Gasteiger partial charge in [-0.05, 0) is 58.6 Å². The average Bonchev–Trinajstić information content (AvgIpc) is 3.30. The molecule has 2 heterocycles. The molecular formula is C26H28BrClN4O4S. The fraction of sp³-hybridized carbons (Fsp3) is 0.346. The van der Waals surface area contributed by atoms with E-state index in [4.69, 9.17) is 30.9 Å². The standard InChI is InChI=1S/C26H28BrClN4O4S/c1-5-6-11-36-23-18(27)12-17(13-20(23)34-3)22-21(24(33)35-4)15(2)29-25-30-26(31-32(22)25)37-14-16-9-7-8-10-19(16)28/h7-10,12-13,22H,5-6,11,14H2,1-4H3,(H,29,30,31). The first-order chi connectivity index (χ1) is 17.9. The van der Waals surface area contributed by atoms with Crippen LogP contribution in [-0.4, -0.2) is 41.6 Å². The number of methoxy groups -OCH3 is 2. The van der Waals surface area contributed by atoms with E-state index in [0.717, 1.165) is 24.0 Å². The Morgan fingerprint density at radius 3 is 2.76 bits per heavy atom. The van der Waals surface area contributed by atoms with E-state index < -0.39 is 12.0 Å². The van der Waals surface area contributed by atoms with Gasteiger partial charge in [-0.3, -0.25) is 0 Å². The second-order valence-electron chi connectivity index (χ2n) is 8.34. The van der Waals surface area contributed by atoms with E-state index in [-0.39, 0.29) is 0 Å². The van der Waals surface area contributed by atoms with E-state index in [1.807, 2.05) is 43.3 Å². The van der Waals surface area contributed by atoms with Crippen molar-refractivity contribution in [2.24, 2.45) is 0 Å². The largest absolute Gasteiger partial charge is 0.493 e. The van der Waals surface area contributed by atoms with Gasteiger partial charge in [-0.25, -0.2) is 9.48 Å². The first-order valence-corrected chi connectivity index (χ1v) is 13.9. The smallest absolute Gasteiger partial charge is 0.338 e. The number of nitrogens with one attached hydrogen (secondary N) is 1. The summed E-state index contributed by atoms with van der Waals surface area (Å²) in [5.41, 5.74) is 2.82. The highest BCUT2D eigenvalue weighted by Gasteiger charge is 2.36. The molecule has 0 bridgehead atoms. The number of unbranched alkanes of at least 4 members (excludes halogenated alkanes) is 1. The minimum absolute atomic E-state index is 0.427. The zero-order valence-electron chi connectivity index (χ0n) is 21.0. The molecule has 8 nitrogen and oxygen atoms in total. The van der Waals surface area contributed by atoms with Crippen molar-refractivity contribution < 1.29 is 19.0 Å². The van der Waals surface area contributed by atoms with Gasteiger partial charge >= 0.3 is 5.97 Å². The van der Waals surface area contributed by atoms with Gasteiger partial charge in [0.05, 0.1) is 30.9 Å². The highest BCUT2D eigenvalue weighted by Crippen LogP contribution is 2.43. The third-order valence-corrected chi connectivity index (χ3v) is 7.71. The quantitative estimate of drug-likeness (QED) is 0.156. The normalized spacial score (nSPS) is 14.7. The number of hydrogen-bond donors (Lipinski definition) is 1. The maximum Gasteiger partial charge on any atom is 0.338 e. The predicted octanol–water partition coefficient (Wildman–Crippen LogP) is 6.64. The molecule has 11 heteroatoms. The van der Waals surface area contributed by atoms with Crippen LogP contribution in [0.25, 0.3) is 0 Å². The number of anilines is 1. The Morgan fingerprint density at radius 2 is 2.05 bits per heavy atom. The number of halogens is 2. The van der Waals surface area contributed by atoms with Gasteiger partial charge in [0.25, 0.3) is 0 Å². The maximum absolute atomic E-state index is 12.9. The van der Waals surface area contributed by atoms with Crippen LogP contribution in [0.1, 0.15) is 43.9 Å². The van der Waals surface area contributed by atoms with Crippen LogP contribution < -0.4 is 14.8 Å². The summed E-state index contributed by atoms with van der Waals surface area (Å²) in [5, 5.41) is 9.21. The van der Waals surface area contributed by atoms with Crippen molar-refractivity contribution in [3.05, 3.63) is 68.3 Å². The molecule has 2 aromatic carbocycles. The second-order valence-corrected chi connectivity index (χ2v) is 10.5. The summed E-state index contributed by atoms with van der Waals surface area (Å²) in [6, 6.07) is 10.9. The summed E-state index contributed by atoms with van der Waals surface area (Å²) in [6.07, 6.45) is 1.95. The van der Waals surface area contributed by atoms with Crippen LogP contribution >= 0.6 is 39.3 Å². The van der Waals surface area contributed by atoms with Crippen molar-refractivity contribution >= 4 is 51.2 Å². The number of fused-ring (bicyclic) bond motifs is 1. The predicted molar refractivity (Wildman–Crippen MR) is 149 cm³/mol. The number of rotatable bonds is 10. The zero-order valence-corrected chi connectivity index (χ0v) is 24.2. The highest BCUT2D eigenvalue weighted by atomic mass is 79.9. The number of carbonyl (C=O) groups excluding carboxylic acids is 1. The SMILES string of the molecule is CCCCOc1c(Br)cc(C2C(C(=O)OC)=C(C)Nc3nc(SCc4ccccc4Cl)nn32)cc1OC. The van der Waals surface area contributed by atoms with E-state index in [1.165, 1.54) is 18.9 Å². The molecule has 0 spiro atoms. The third-order valence-electron chi connectivity index (χ3n) is 5.86. The highest BCUT2D eigenvalue weighted by molar-refractivity contribution is 9.10. The van der Waals surface area contributed by atoms with Crippen molar-refractivity contribution in [3.63, 3.8) is 0 Å². The molecule has 1 aliphatic rings. The average molecular weight is 608 g/mol. The summed E-state index contributed by atoms with van der Waals surface area (Å²) < 4.78 is 19.2. The summed E-state index contributed by atoms with van der Waals surface area (Å²) in [4.78, 5) is 17.6. The minimum Gasteiger partial charge on any atom is -0.493 e. The fourth-order valence-electron chi connectivity index (χ4n) is 3.99. The number of hydrogen-bond acceptors (Lipinski definition) is 8. The molecule has 0 saturated heterocycles. The molecule has 3 aromatic rings. The van der Waals surface area contributed by atoms with Gasteiger partial charge in [0, 0.05) is 16.5 Å². The molecular weight excluding hydrogens is 580 g/mol. The van der Waals surface area contributed by atoms with Gasteiger partial charge in [0.1, 0.15) is 6.04 Å². The van der Waals surface area contributed by atoms with Crippen LogP contribution in [-0.2, 0) is 15.3 Å². The lowest BCUT2D eigenvalue weighted by molar-refractivity contribution is -0.136. The van der Waals surface area contributed by atoms with Crippen molar-refractivity contribution in [1.29, 1.82) is 0 Å². The number of ether oxygens (including phenoxy) is 3. The monoisotopic (exact) mass is 606 g/mol. The molecule has 1 unspecified atom stereocenters. The molecule has 0 fully saturated rings. The molecule has 1 aromatic heterocycles. The molecule has 37 heavy (non-hydrogen) atoms. The molecule has 196 valence electrons. The van der Waals surface area contributed by atoms with Gasteiger partial charge in [-0.1, -0.05) is 54.9 Å². The number of esters is 1. The Balaban J connectivity index is 1.74. The van der Waals surface area contributed by atoms with Crippen LogP contribution in [0.2, 0.25) is 5.02 Å². The number of allylic oxidation sites excluding steroid dienone is 1. The van der Waals surface area contributed by atoms with E-state index in [1.54, 1.807) is 11.8 Å². The van der Waals surface area contributed by atoms with Crippen LogP contribution in [0, 0.1) is 0 Å². The number of benzene rings is 2. The molecule has 1 atom stereocenters. The van der Waals surface area contributed by atoms with Crippen molar-refractivity contribution in [3.8, 4) is 11.5 Å². The summed E-state index contributed by atoms with van der Waals surface area (Å²) in [7, 11) is 2.95. The first kappa shape index (κ1) is 27.3. The number of carbonyl (C=O) groups is 1. The van der Waals surface area contributed by atoms with Crippen molar-refractivity contribution in [2.75, 3.05) is 26.1 Å². The molecule has 0 aliphatic carbocycles. The van der Waals surface area contributed by atoms with Crippen LogP contribution in [0.4, 0.5) is 5.95 Å². The lowest BCUT2D eigenvalue weighted by Crippen LogP contribution is -2.29. The number of aromatic nitrogens is 3. The van der Waals surface area contributed by atoms with E-state index in [9.17, 15) is 4.79 Å². The van der Waals surface area contributed by atoms with Crippen molar-refractivity contribution in [2.45, 2.75) is 43.6 Å². The number of nitrogens with zero attached hydrogens (tertiary/aromatic N) is 3. The molecule has 1 aliphatic heterocycles. The van der Waals surface area contributed by atoms with Gasteiger partial charge in [-0.15, -0.1) is 5.10 Å². The Labute approximate surface area is 233 Å². The first-order valence-electron chi connectivity index (χ1n) is 11.8. The fourth-order valence-corrected chi connectivity index (χ4v) is 5.68. The maximum atomic E-state index is 12.9. The second kappa shape index (κ2) is 12.2. The van der Waals surface area contributed by atoms with Crippen LogP contribution in [0.5, 0.6) is 11.5 Å². The summed E-state index contributed by atoms with van der Waals surface area (Å²) >= 11 is 11.4. The lowest BCUT2D eigenvalue weighted by atomic mass is 9.95. The summed E-state index contributed by atoms with van der Waals surface area (Å²) in [5.74, 6) is 1.84. The van der Waals surface area contributed by atoms with Crippen molar-refractivity contribution in [1.82, 2.24) is 14.8 Å². The summed E-state index contributed by atoms with van der Waals surface area (Å²) in [6.45, 7) is 4.50. The topological polar surface area (TPSA) is 87.5 Å². The van der Waals surface area contributed by atoms with Gasteiger partial charge in [0.15, 0.2) is 11.5 Å². The van der Waals surface area contributed by atoms with Gasteiger partial charge in [-0.2, -0.15) is 4.98 Å². The Hall–Kier alpha value is -2.69. The third kappa shape index (κ3) is 5.91. The van der Waals surface area contributed by atoms with E-state index in [2.05, 4.69) is 33.2 Å². The molecule has 0 radical (unpaired) electrons. The van der Waals surface area contributed by atoms with Gasteiger partial charge < -0.3 is 19.5 Å². The minimum atomic E-state index is -0.597. The Morgan fingerprint density at radius 1 is 1.27 bits per heavy atom. The zero-order chi connectivity index (χ0) is 26.5. The van der Waals surface area contributed by atoms with Crippen LogP contribution in [0.15, 0.2) is 57.3 Å². The lowest BCUT2D eigenvalue weighted by Gasteiger charge is -2.28. The molecule has 4 rings (SSSR count). The molecule has 1 N–H and O–H groups in total. The molecule has 0 saturated carbocycles. The van der Waals surface area contributed by atoms with Gasteiger partial charge in [0.2, 0.25) is 11.1 Å². The number of thioether (sulfide) groups is 1. The van der Waals surface area contributed by atoms with Crippen LogP contribution in [0.3, 0.4) is 0 Å². The molecule has 0 amide bonds.